The number of benzene rings is 1. The van der Waals surface area contributed by atoms with Crippen molar-refractivity contribution in [3.8, 4) is 0 Å². The van der Waals surface area contributed by atoms with Gasteiger partial charge in [0.05, 0.1) is 0 Å². The average Bonchev–Trinajstić information content (AvgIpc) is 3.02. The highest BCUT2D eigenvalue weighted by Gasteiger charge is 2.42. The van der Waals surface area contributed by atoms with Crippen molar-refractivity contribution in [3.63, 3.8) is 0 Å². The van der Waals surface area contributed by atoms with Crippen molar-refractivity contribution in [3.05, 3.63) is 41.0 Å². The van der Waals surface area contributed by atoms with Crippen LogP contribution in [0, 0.1) is 5.92 Å². The maximum absolute atomic E-state index is 2.35. The maximum Gasteiger partial charge on any atom is -0.00843 e. The number of allylic oxidation sites excluding steroid dienone is 1. The third kappa shape index (κ3) is 1.39. The summed E-state index contributed by atoms with van der Waals surface area (Å²) in [4.78, 5) is 0. The molecule has 2 aliphatic rings. The van der Waals surface area contributed by atoms with Crippen molar-refractivity contribution in [1.29, 1.82) is 0 Å². The predicted molar refractivity (Wildman–Crippen MR) is 62.3 cm³/mol. The molecule has 2 unspecified atom stereocenters. The zero-order chi connectivity index (χ0) is 10.1. The van der Waals surface area contributed by atoms with Crippen molar-refractivity contribution in [2.45, 2.75) is 33.1 Å². The van der Waals surface area contributed by atoms with Crippen LogP contribution in [0.2, 0.25) is 0 Å². The molecule has 2 aliphatic carbocycles. The van der Waals surface area contributed by atoms with Crippen molar-refractivity contribution in [1.82, 2.24) is 0 Å². The molecular formula is C14H18. The Hall–Kier alpha value is -1.04. The Morgan fingerprint density at radius 1 is 1.07 bits per heavy atom. The smallest absolute Gasteiger partial charge is 0.00843 e. The molecule has 1 saturated carbocycles. The van der Waals surface area contributed by atoms with Gasteiger partial charge >= 0.3 is 0 Å². The van der Waals surface area contributed by atoms with Gasteiger partial charge in [-0.05, 0) is 36.3 Å². The van der Waals surface area contributed by atoms with Crippen LogP contribution in [0.3, 0.4) is 0 Å². The van der Waals surface area contributed by atoms with E-state index in [1.165, 1.54) is 12.0 Å². The molecule has 1 aromatic rings. The Morgan fingerprint density at radius 2 is 1.79 bits per heavy atom. The van der Waals surface area contributed by atoms with Crippen molar-refractivity contribution in [2.24, 2.45) is 5.92 Å². The minimum atomic E-state index is 0.867. The van der Waals surface area contributed by atoms with E-state index in [4.69, 9.17) is 0 Å². The Kier molecular flexibility index (Phi) is 2.45. The van der Waals surface area contributed by atoms with Gasteiger partial charge in [-0.15, -0.1) is 0 Å². The monoisotopic (exact) mass is 186 g/mol. The second-order valence-corrected chi connectivity index (χ2v) is 3.97. The second-order valence-electron chi connectivity index (χ2n) is 3.97. The summed E-state index contributed by atoms with van der Waals surface area (Å²) in [5, 5.41) is 0. The molecule has 0 saturated heterocycles. The quantitative estimate of drug-likeness (QED) is 0.568. The first-order valence-electron chi connectivity index (χ1n) is 5.63. The maximum atomic E-state index is 2.35. The molecule has 3 rings (SSSR count). The first-order chi connectivity index (χ1) is 6.86. The van der Waals surface area contributed by atoms with Crippen LogP contribution < -0.4 is 0 Å². The fourth-order valence-electron chi connectivity index (χ4n) is 2.37. The van der Waals surface area contributed by atoms with Crippen LogP contribution in [0.25, 0.3) is 6.08 Å². The lowest BCUT2D eigenvalue weighted by Gasteiger charge is -2.12. The van der Waals surface area contributed by atoms with E-state index in [2.05, 4.69) is 37.3 Å². The molecule has 0 bridgehead atoms. The molecule has 0 radical (unpaired) electrons. The fourth-order valence-corrected chi connectivity index (χ4v) is 2.37. The van der Waals surface area contributed by atoms with E-state index in [0.717, 1.165) is 11.8 Å². The summed E-state index contributed by atoms with van der Waals surface area (Å²) < 4.78 is 0. The van der Waals surface area contributed by atoms with Gasteiger partial charge in [0, 0.05) is 0 Å². The van der Waals surface area contributed by atoms with Gasteiger partial charge in [0.2, 0.25) is 0 Å². The van der Waals surface area contributed by atoms with E-state index in [1.807, 2.05) is 13.8 Å². The van der Waals surface area contributed by atoms with Gasteiger partial charge in [0.1, 0.15) is 0 Å². The van der Waals surface area contributed by atoms with Crippen LogP contribution >= 0.6 is 0 Å². The zero-order valence-electron chi connectivity index (χ0n) is 9.25. The lowest BCUT2D eigenvalue weighted by molar-refractivity contribution is 0.928. The Bertz CT molecular complexity index is 360. The van der Waals surface area contributed by atoms with E-state index in [9.17, 15) is 0 Å². The third-order valence-corrected chi connectivity index (χ3v) is 3.15. The highest BCUT2D eigenvalue weighted by Crippen LogP contribution is 2.55. The minimum absolute atomic E-state index is 0.867. The van der Waals surface area contributed by atoms with Gasteiger partial charge in [-0.2, -0.15) is 0 Å². The van der Waals surface area contributed by atoms with E-state index in [1.54, 1.807) is 11.1 Å². The number of fused-ring (bicyclic) bond motifs is 3. The highest BCUT2D eigenvalue weighted by molar-refractivity contribution is 5.64. The molecule has 0 heterocycles. The topological polar surface area (TPSA) is 0 Å². The highest BCUT2D eigenvalue weighted by atomic mass is 14.5. The van der Waals surface area contributed by atoms with Gasteiger partial charge in [-0.1, -0.05) is 49.8 Å². The van der Waals surface area contributed by atoms with Crippen molar-refractivity contribution >= 4 is 6.08 Å². The van der Waals surface area contributed by atoms with E-state index >= 15 is 0 Å². The summed E-state index contributed by atoms with van der Waals surface area (Å²) >= 11 is 0. The number of hydrogen-bond donors (Lipinski definition) is 0. The summed E-state index contributed by atoms with van der Waals surface area (Å²) in [6, 6.07) is 8.80. The lowest BCUT2D eigenvalue weighted by atomic mass is 9.93. The lowest BCUT2D eigenvalue weighted by Crippen LogP contribution is -1.95. The molecule has 1 fully saturated rings. The summed E-state index contributed by atoms with van der Waals surface area (Å²) in [5.41, 5.74) is 4.61. The molecule has 14 heavy (non-hydrogen) atoms. The third-order valence-electron chi connectivity index (χ3n) is 3.15. The van der Waals surface area contributed by atoms with Crippen molar-refractivity contribution < 1.29 is 0 Å². The molecule has 0 N–H and O–H groups in total. The summed E-state index contributed by atoms with van der Waals surface area (Å²) in [5.74, 6) is 1.76. The van der Waals surface area contributed by atoms with Crippen LogP contribution in [0.5, 0.6) is 0 Å². The normalized spacial score (nSPS) is 26.4. The summed E-state index contributed by atoms with van der Waals surface area (Å²) in [6.45, 7) is 6.26. The van der Waals surface area contributed by atoms with Gasteiger partial charge < -0.3 is 0 Å². The number of rotatable bonds is 0. The second kappa shape index (κ2) is 3.61. The first kappa shape index (κ1) is 9.51. The van der Waals surface area contributed by atoms with E-state index in [0.29, 0.717) is 0 Å². The van der Waals surface area contributed by atoms with Gasteiger partial charge in [-0.25, -0.2) is 0 Å². The largest absolute Gasteiger partial charge is 0.0690 e. The standard InChI is InChI=1S/C12H12.C2H6/c1-8-6-9-4-2-3-5-10(9)12-7-11(8)12;1-2/h2-6,11-12H,7H2,1H3;1-2H3. The van der Waals surface area contributed by atoms with Crippen molar-refractivity contribution in [2.75, 3.05) is 0 Å². The van der Waals surface area contributed by atoms with Crippen LogP contribution in [-0.4, -0.2) is 0 Å². The Balaban J connectivity index is 0.000000354. The first-order valence-corrected chi connectivity index (χ1v) is 5.63. The number of hydrogen-bond acceptors (Lipinski definition) is 0. The molecular weight excluding hydrogens is 168 g/mol. The molecule has 0 heteroatoms. The molecule has 74 valence electrons. The minimum Gasteiger partial charge on any atom is -0.0690 e. The molecule has 0 aliphatic heterocycles. The Labute approximate surface area is 86.7 Å². The molecule has 0 spiro atoms. The van der Waals surface area contributed by atoms with E-state index in [-0.39, 0.29) is 0 Å². The molecule has 2 atom stereocenters. The molecule has 0 amide bonds. The zero-order valence-corrected chi connectivity index (χ0v) is 9.25. The molecule has 0 aromatic heterocycles. The van der Waals surface area contributed by atoms with E-state index < -0.39 is 0 Å². The SMILES string of the molecule is CC.CC1=Cc2ccccc2C2CC12. The van der Waals surface area contributed by atoms with Gasteiger partial charge in [0.25, 0.3) is 0 Å². The van der Waals surface area contributed by atoms with Crippen LogP contribution in [0.4, 0.5) is 0 Å². The average molecular weight is 186 g/mol. The molecule has 1 aromatic carbocycles. The Morgan fingerprint density at radius 3 is 2.57 bits per heavy atom. The van der Waals surface area contributed by atoms with Gasteiger partial charge in [-0.3, -0.25) is 0 Å². The van der Waals surface area contributed by atoms with Crippen LogP contribution in [-0.2, 0) is 0 Å². The van der Waals surface area contributed by atoms with Crippen LogP contribution in [0.1, 0.15) is 44.2 Å². The fraction of sp³-hybridized carbons (Fsp3) is 0.429. The van der Waals surface area contributed by atoms with Gasteiger partial charge in [0.15, 0.2) is 0 Å². The predicted octanol–water partition coefficient (Wildman–Crippen LogP) is 4.23. The summed E-state index contributed by atoms with van der Waals surface area (Å²) in [7, 11) is 0. The summed E-state index contributed by atoms with van der Waals surface area (Å²) in [6.07, 6.45) is 3.74. The van der Waals surface area contributed by atoms with Crippen LogP contribution in [0.15, 0.2) is 29.8 Å². The molecule has 0 nitrogen and oxygen atoms in total.